The van der Waals surface area contributed by atoms with Gasteiger partial charge in [-0.25, -0.2) is 0 Å². The van der Waals surface area contributed by atoms with Crippen molar-refractivity contribution in [1.82, 2.24) is 0 Å². The molecule has 2 rings (SSSR count). The van der Waals surface area contributed by atoms with Gasteiger partial charge in [-0.3, -0.25) is 0 Å². The molecule has 0 saturated heterocycles. The van der Waals surface area contributed by atoms with Gasteiger partial charge in [0, 0.05) is 4.32 Å². The molecule has 1 unspecified atom stereocenters. The molecule has 1 aromatic rings. The lowest BCUT2D eigenvalue weighted by atomic mass is 9.83. The number of ether oxygens (including phenoxy) is 1. The molecule has 1 N–H and O–H groups in total. The lowest BCUT2D eigenvalue weighted by molar-refractivity contribution is 0.0319. The molecule has 1 heterocycles. The molecule has 130 valence electrons. The molecule has 2 nitrogen and oxygen atoms in total. The third kappa shape index (κ3) is 3.76. The van der Waals surface area contributed by atoms with Crippen molar-refractivity contribution in [1.29, 1.82) is 0 Å². The second kappa shape index (κ2) is 6.40. The number of hydrogen-bond donors (Lipinski definition) is 1. The van der Waals surface area contributed by atoms with E-state index in [1.165, 1.54) is 27.8 Å². The molecule has 0 aromatic heterocycles. The van der Waals surface area contributed by atoms with E-state index in [9.17, 15) is 5.11 Å². The molecule has 1 aliphatic heterocycles. The predicted octanol–water partition coefficient (Wildman–Crippen LogP) is 5.32. The van der Waals surface area contributed by atoms with E-state index in [-0.39, 0.29) is 16.0 Å². The standard InChI is InChI=1S/C20H31BrO2/c1-12-13(2)15(4)18-16(14(12)3)8-10-20(7,23-18)11-9-17(22)19(5,6)21/h17,22H,8-11H2,1-7H3/t17?,20-/m0/s1. The van der Waals surface area contributed by atoms with E-state index in [2.05, 4.69) is 50.5 Å². The van der Waals surface area contributed by atoms with E-state index in [1.54, 1.807) is 0 Å². The molecule has 0 spiro atoms. The number of aliphatic hydroxyl groups is 1. The SMILES string of the molecule is Cc1c(C)c(C)c2c(c1C)CC[C@@](C)(CCC(O)C(C)(C)Br)O2. The van der Waals surface area contributed by atoms with Crippen molar-refractivity contribution < 1.29 is 9.84 Å². The van der Waals surface area contributed by atoms with Crippen LogP contribution < -0.4 is 4.74 Å². The Morgan fingerprint density at radius 3 is 2.26 bits per heavy atom. The van der Waals surface area contributed by atoms with E-state index in [0.29, 0.717) is 0 Å². The maximum Gasteiger partial charge on any atom is 0.126 e. The summed E-state index contributed by atoms with van der Waals surface area (Å²) < 4.78 is 6.25. The smallest absolute Gasteiger partial charge is 0.126 e. The number of hydrogen-bond acceptors (Lipinski definition) is 2. The zero-order valence-electron chi connectivity index (χ0n) is 15.6. The topological polar surface area (TPSA) is 29.5 Å². The number of alkyl halides is 1. The van der Waals surface area contributed by atoms with Gasteiger partial charge in [-0.1, -0.05) is 15.9 Å². The summed E-state index contributed by atoms with van der Waals surface area (Å²) in [5.74, 6) is 1.09. The lowest BCUT2D eigenvalue weighted by Crippen LogP contribution is -2.40. The molecular weight excluding hydrogens is 352 g/mol. The third-order valence-corrected chi connectivity index (χ3v) is 6.27. The Labute approximate surface area is 149 Å². The highest BCUT2D eigenvalue weighted by atomic mass is 79.9. The second-order valence-electron chi connectivity index (χ2n) is 7.98. The van der Waals surface area contributed by atoms with Crippen LogP contribution in [-0.2, 0) is 6.42 Å². The maximum atomic E-state index is 10.3. The van der Waals surface area contributed by atoms with Gasteiger partial charge in [0.25, 0.3) is 0 Å². The van der Waals surface area contributed by atoms with Gasteiger partial charge in [0.05, 0.1) is 6.10 Å². The minimum absolute atomic E-state index is 0.189. The first-order chi connectivity index (χ1) is 10.5. The van der Waals surface area contributed by atoms with Crippen molar-refractivity contribution in [2.75, 3.05) is 0 Å². The highest BCUT2D eigenvalue weighted by Crippen LogP contribution is 2.42. The Hall–Kier alpha value is -0.540. The average Bonchev–Trinajstić information content (AvgIpc) is 2.47. The van der Waals surface area contributed by atoms with Crippen LogP contribution in [0, 0.1) is 27.7 Å². The van der Waals surface area contributed by atoms with Gasteiger partial charge in [0.15, 0.2) is 0 Å². The second-order valence-corrected chi connectivity index (χ2v) is 10.0. The van der Waals surface area contributed by atoms with Crippen molar-refractivity contribution >= 4 is 15.9 Å². The zero-order chi connectivity index (χ0) is 17.6. The number of benzene rings is 1. The van der Waals surface area contributed by atoms with Gasteiger partial charge in [-0.15, -0.1) is 0 Å². The van der Waals surface area contributed by atoms with E-state index in [4.69, 9.17) is 4.74 Å². The summed E-state index contributed by atoms with van der Waals surface area (Å²) in [5.41, 5.74) is 6.58. The van der Waals surface area contributed by atoms with Gasteiger partial charge in [-0.2, -0.15) is 0 Å². The van der Waals surface area contributed by atoms with E-state index < -0.39 is 0 Å². The van der Waals surface area contributed by atoms with E-state index >= 15 is 0 Å². The minimum Gasteiger partial charge on any atom is -0.487 e. The maximum absolute atomic E-state index is 10.3. The normalized spacial score (nSPS) is 22.5. The number of aliphatic hydroxyl groups excluding tert-OH is 1. The number of halogens is 1. The molecule has 0 fully saturated rings. The van der Waals surface area contributed by atoms with Gasteiger partial charge in [0.2, 0.25) is 0 Å². The lowest BCUT2D eigenvalue weighted by Gasteiger charge is -2.39. The summed E-state index contributed by atoms with van der Waals surface area (Å²) in [6.45, 7) is 15.0. The Morgan fingerprint density at radius 2 is 1.70 bits per heavy atom. The molecule has 3 heteroatoms. The molecule has 0 saturated carbocycles. The van der Waals surface area contributed by atoms with Crippen molar-refractivity contribution in [3.63, 3.8) is 0 Å². The average molecular weight is 383 g/mol. The molecule has 0 amide bonds. The Balaban J connectivity index is 2.23. The van der Waals surface area contributed by atoms with Gasteiger partial charge < -0.3 is 9.84 Å². The third-order valence-electron chi connectivity index (χ3n) is 5.75. The van der Waals surface area contributed by atoms with Crippen molar-refractivity contribution in [3.8, 4) is 5.75 Å². The monoisotopic (exact) mass is 382 g/mol. The summed E-state index contributed by atoms with van der Waals surface area (Å²) >= 11 is 3.56. The van der Waals surface area contributed by atoms with Crippen LogP contribution >= 0.6 is 15.9 Å². The van der Waals surface area contributed by atoms with Crippen LogP contribution in [0.1, 0.15) is 67.9 Å². The fourth-order valence-electron chi connectivity index (χ4n) is 3.44. The molecule has 0 radical (unpaired) electrons. The van der Waals surface area contributed by atoms with Gasteiger partial charge >= 0.3 is 0 Å². The van der Waals surface area contributed by atoms with Crippen LogP contribution in [0.25, 0.3) is 0 Å². The largest absolute Gasteiger partial charge is 0.487 e. The van der Waals surface area contributed by atoms with Crippen molar-refractivity contribution in [2.24, 2.45) is 0 Å². The molecule has 1 aromatic carbocycles. The highest BCUT2D eigenvalue weighted by Gasteiger charge is 2.35. The van der Waals surface area contributed by atoms with Gasteiger partial charge in [0.1, 0.15) is 11.4 Å². The Bertz CT molecular complexity index is 601. The summed E-state index contributed by atoms with van der Waals surface area (Å²) in [6.07, 6.45) is 3.32. The van der Waals surface area contributed by atoms with E-state index in [0.717, 1.165) is 31.4 Å². The molecule has 0 bridgehead atoms. The van der Waals surface area contributed by atoms with Crippen LogP contribution in [0.15, 0.2) is 0 Å². The first-order valence-corrected chi connectivity index (χ1v) is 9.41. The van der Waals surface area contributed by atoms with Crippen molar-refractivity contribution in [2.45, 2.75) is 90.2 Å². The number of rotatable bonds is 4. The summed E-state index contributed by atoms with van der Waals surface area (Å²) in [6, 6.07) is 0. The van der Waals surface area contributed by atoms with Crippen LogP contribution in [0.4, 0.5) is 0 Å². The van der Waals surface area contributed by atoms with Crippen LogP contribution in [0.2, 0.25) is 0 Å². The fourth-order valence-corrected chi connectivity index (χ4v) is 3.67. The minimum atomic E-state index is -0.369. The number of fused-ring (bicyclic) bond motifs is 1. The first kappa shape index (κ1) is 18.8. The Kier molecular flexibility index (Phi) is 5.23. The van der Waals surface area contributed by atoms with E-state index in [1.807, 2.05) is 13.8 Å². The zero-order valence-corrected chi connectivity index (χ0v) is 17.2. The quantitative estimate of drug-likeness (QED) is 0.714. The predicted molar refractivity (Wildman–Crippen MR) is 101 cm³/mol. The molecule has 1 aliphatic rings. The van der Waals surface area contributed by atoms with Crippen LogP contribution in [0.3, 0.4) is 0 Å². The fraction of sp³-hybridized carbons (Fsp3) is 0.700. The van der Waals surface area contributed by atoms with Crippen LogP contribution in [0.5, 0.6) is 5.75 Å². The Morgan fingerprint density at radius 1 is 1.13 bits per heavy atom. The van der Waals surface area contributed by atoms with Crippen LogP contribution in [-0.4, -0.2) is 21.1 Å². The molecular formula is C20H31BrO2. The highest BCUT2D eigenvalue weighted by molar-refractivity contribution is 9.10. The van der Waals surface area contributed by atoms with Gasteiger partial charge in [-0.05, 0) is 102 Å². The summed E-state index contributed by atoms with van der Waals surface area (Å²) in [7, 11) is 0. The molecule has 0 aliphatic carbocycles. The molecule has 23 heavy (non-hydrogen) atoms. The summed E-state index contributed by atoms with van der Waals surface area (Å²) in [4.78, 5) is 0. The van der Waals surface area contributed by atoms with Crippen molar-refractivity contribution in [3.05, 3.63) is 27.8 Å². The molecule has 2 atom stereocenters. The first-order valence-electron chi connectivity index (χ1n) is 8.61. The summed E-state index contributed by atoms with van der Waals surface area (Å²) in [5, 5.41) is 10.3.